The lowest BCUT2D eigenvalue weighted by molar-refractivity contribution is -0.256. The van der Waals surface area contributed by atoms with E-state index in [0.29, 0.717) is 0 Å². The van der Waals surface area contributed by atoms with Gasteiger partial charge in [0.1, 0.15) is 0 Å². The molecule has 6 rings (SSSR count). The number of rotatable bonds is 4. The summed E-state index contributed by atoms with van der Waals surface area (Å²) in [4.78, 5) is 78.9. The molecule has 0 bridgehead atoms. The van der Waals surface area contributed by atoms with E-state index in [-0.39, 0.29) is 55.5 Å². The molecule has 0 atom stereocenters. The quantitative estimate of drug-likeness (QED) is 0.375. The number of amides is 4. The summed E-state index contributed by atoms with van der Waals surface area (Å²) in [5, 5.41) is 23.5. The molecule has 4 amide bonds. The van der Waals surface area contributed by atoms with E-state index in [2.05, 4.69) is 0 Å². The molecule has 38 heavy (non-hydrogen) atoms. The molecule has 2 aliphatic heterocycles. The molecule has 0 N–H and O–H groups in total. The van der Waals surface area contributed by atoms with Crippen LogP contribution in [0.15, 0.2) is 72.8 Å². The van der Waals surface area contributed by atoms with Crippen molar-refractivity contribution in [3.8, 4) is 0 Å². The van der Waals surface area contributed by atoms with Crippen molar-refractivity contribution in [1.82, 2.24) is 0 Å². The maximum absolute atomic E-state index is 13.5. The third-order valence-electron chi connectivity index (χ3n) is 6.62. The molecule has 0 saturated heterocycles. The van der Waals surface area contributed by atoms with Crippen LogP contribution >= 0.6 is 0 Å². The van der Waals surface area contributed by atoms with Crippen molar-refractivity contribution in [2.75, 3.05) is 9.80 Å². The fraction of sp³-hybridized carbons (Fsp3) is 0. The van der Waals surface area contributed by atoms with Gasteiger partial charge in [-0.05, 0) is 36.4 Å². The average Bonchev–Trinajstić information content (AvgIpc) is 2.91. The van der Waals surface area contributed by atoms with E-state index >= 15 is 0 Å². The number of anilines is 2. The Kier molecular flexibility index (Phi) is 4.76. The Morgan fingerprint density at radius 3 is 1.05 bits per heavy atom. The van der Waals surface area contributed by atoms with Crippen LogP contribution in [0, 0.1) is 0 Å². The van der Waals surface area contributed by atoms with E-state index in [4.69, 9.17) is 0 Å². The van der Waals surface area contributed by atoms with Crippen molar-refractivity contribution >= 4 is 57.7 Å². The Bertz CT molecular complexity index is 1620. The molecule has 4 aromatic carbocycles. The van der Waals surface area contributed by atoms with Gasteiger partial charge >= 0.3 is 0 Å². The van der Waals surface area contributed by atoms with Gasteiger partial charge in [0.15, 0.2) is 0 Å². The van der Waals surface area contributed by atoms with Gasteiger partial charge in [-0.2, -0.15) is 0 Å². The second kappa shape index (κ2) is 7.93. The molecule has 0 saturated carbocycles. The maximum Gasteiger partial charge on any atom is 0.266 e. The topological polar surface area (TPSA) is 155 Å². The number of carboxylic acid groups (broad SMARTS) is 2. The van der Waals surface area contributed by atoms with Gasteiger partial charge in [-0.1, -0.05) is 36.4 Å². The number of nitrogens with zero attached hydrogens (tertiary/aromatic N) is 2. The Morgan fingerprint density at radius 2 is 0.763 bits per heavy atom. The molecule has 0 unspecified atom stereocenters. The first-order valence-electron chi connectivity index (χ1n) is 11.2. The maximum atomic E-state index is 13.5. The molecule has 2 heterocycles. The minimum absolute atomic E-state index is 0.0162. The van der Waals surface area contributed by atoms with Gasteiger partial charge in [0.2, 0.25) is 0 Å². The highest BCUT2D eigenvalue weighted by Crippen LogP contribution is 2.40. The van der Waals surface area contributed by atoms with Gasteiger partial charge in [-0.3, -0.25) is 19.2 Å². The lowest BCUT2D eigenvalue weighted by Crippen LogP contribution is -2.44. The number of benzene rings is 4. The van der Waals surface area contributed by atoms with E-state index in [1.165, 1.54) is 72.8 Å². The van der Waals surface area contributed by atoms with Crippen LogP contribution in [0.25, 0.3) is 10.8 Å². The van der Waals surface area contributed by atoms with Crippen LogP contribution in [0.3, 0.4) is 0 Å². The van der Waals surface area contributed by atoms with Gasteiger partial charge in [0.05, 0.1) is 23.3 Å². The second-order valence-electron chi connectivity index (χ2n) is 8.57. The lowest BCUT2D eigenvalue weighted by Gasteiger charge is -2.33. The predicted octanol–water partition coefficient (Wildman–Crippen LogP) is 1.17. The molecular weight excluding hydrogens is 492 g/mol. The highest BCUT2D eigenvalue weighted by Gasteiger charge is 2.41. The molecule has 10 nitrogen and oxygen atoms in total. The van der Waals surface area contributed by atoms with Crippen LogP contribution < -0.4 is 20.0 Å². The molecule has 0 fully saturated rings. The monoisotopic (exact) mass is 504 g/mol. The SMILES string of the molecule is O=C([O-])c1ccccc1N1C(=O)c2ccc3c4c(ccc(c24)C1=O)C(=O)N(c1ccccc1C(=O)[O-])C3=O. The Morgan fingerprint density at radius 1 is 0.474 bits per heavy atom. The highest BCUT2D eigenvalue weighted by molar-refractivity contribution is 6.42. The third-order valence-corrected chi connectivity index (χ3v) is 6.62. The van der Waals surface area contributed by atoms with Gasteiger partial charge in [0, 0.05) is 44.2 Å². The molecule has 10 heteroatoms. The van der Waals surface area contributed by atoms with Crippen LogP contribution in [-0.4, -0.2) is 35.6 Å². The lowest BCUT2D eigenvalue weighted by atomic mass is 9.85. The fourth-order valence-electron chi connectivity index (χ4n) is 4.99. The minimum Gasteiger partial charge on any atom is -0.545 e. The molecule has 0 aromatic heterocycles. The minimum atomic E-state index is -1.58. The van der Waals surface area contributed by atoms with Crippen LogP contribution in [0.4, 0.5) is 11.4 Å². The Labute approximate surface area is 212 Å². The van der Waals surface area contributed by atoms with Gasteiger partial charge in [-0.25, -0.2) is 9.80 Å². The molecule has 0 radical (unpaired) electrons. The second-order valence-corrected chi connectivity index (χ2v) is 8.57. The summed E-state index contributed by atoms with van der Waals surface area (Å²) < 4.78 is 0. The van der Waals surface area contributed by atoms with E-state index in [1.807, 2.05) is 0 Å². The number of carboxylic acids is 2. The van der Waals surface area contributed by atoms with Crippen molar-refractivity contribution in [1.29, 1.82) is 0 Å². The highest BCUT2D eigenvalue weighted by atomic mass is 16.4. The standard InChI is InChI=1S/C28H14N2O8/c31-23-15-9-11-17-22-18(26(34)30(25(17)33)20-8-4-2-6-14(20)28(37)38)12-10-16(21(15)22)24(32)29(23)19-7-3-1-5-13(19)27(35)36/h1-12H,(H,35,36)(H,37,38)/p-2. The Hall–Kier alpha value is -5.64. The summed E-state index contributed by atoms with van der Waals surface area (Å²) in [6.07, 6.45) is 0. The van der Waals surface area contributed by atoms with Crippen molar-refractivity contribution in [3.05, 3.63) is 106 Å². The first-order valence-corrected chi connectivity index (χ1v) is 11.2. The van der Waals surface area contributed by atoms with Gasteiger partial charge in [-0.15, -0.1) is 0 Å². The summed E-state index contributed by atoms with van der Waals surface area (Å²) in [6.45, 7) is 0. The fourth-order valence-corrected chi connectivity index (χ4v) is 4.99. The van der Waals surface area contributed by atoms with E-state index in [9.17, 15) is 39.0 Å². The van der Waals surface area contributed by atoms with Gasteiger partial charge in [0.25, 0.3) is 23.6 Å². The number of para-hydroxylation sites is 2. The zero-order valence-corrected chi connectivity index (χ0v) is 19.1. The van der Waals surface area contributed by atoms with E-state index in [1.54, 1.807) is 0 Å². The predicted molar refractivity (Wildman–Crippen MR) is 128 cm³/mol. The van der Waals surface area contributed by atoms with Crippen LogP contribution in [0.1, 0.15) is 62.1 Å². The Balaban J connectivity index is 1.56. The van der Waals surface area contributed by atoms with Gasteiger partial charge < -0.3 is 19.8 Å². The zero-order valence-electron chi connectivity index (χ0n) is 19.1. The zero-order chi connectivity index (χ0) is 26.9. The molecule has 4 aromatic rings. The number of carbonyl (C=O) groups excluding carboxylic acids is 6. The summed E-state index contributed by atoms with van der Waals surface area (Å²) in [6, 6.07) is 16.0. The van der Waals surface area contributed by atoms with Crippen molar-refractivity contribution < 1.29 is 39.0 Å². The average molecular weight is 504 g/mol. The number of hydrogen-bond donors (Lipinski definition) is 0. The molecule has 0 spiro atoms. The summed E-state index contributed by atoms with van der Waals surface area (Å²) in [7, 11) is 0. The first-order chi connectivity index (χ1) is 18.2. The summed E-state index contributed by atoms with van der Waals surface area (Å²) in [5.41, 5.74) is -1.16. The first kappa shape index (κ1) is 22.8. The summed E-state index contributed by atoms with van der Waals surface area (Å²) in [5.74, 6) is -6.53. The third kappa shape index (κ3) is 2.94. The smallest absolute Gasteiger partial charge is 0.266 e. The molecule has 184 valence electrons. The normalized spacial score (nSPS) is 14.3. The number of carbonyl (C=O) groups is 6. The van der Waals surface area contributed by atoms with Crippen LogP contribution in [0.2, 0.25) is 0 Å². The molecule has 2 aliphatic rings. The van der Waals surface area contributed by atoms with Crippen molar-refractivity contribution in [3.63, 3.8) is 0 Å². The van der Waals surface area contributed by atoms with Crippen LogP contribution in [0.5, 0.6) is 0 Å². The number of hydrogen-bond acceptors (Lipinski definition) is 8. The molecular formula is C28H12N2O8-2. The summed E-state index contributed by atoms with van der Waals surface area (Å²) >= 11 is 0. The van der Waals surface area contributed by atoms with E-state index in [0.717, 1.165) is 9.80 Å². The molecule has 0 aliphatic carbocycles. The number of imide groups is 2. The number of aromatic carboxylic acids is 2. The van der Waals surface area contributed by atoms with Crippen molar-refractivity contribution in [2.24, 2.45) is 0 Å². The van der Waals surface area contributed by atoms with E-state index < -0.39 is 35.6 Å². The van der Waals surface area contributed by atoms with Crippen LogP contribution in [-0.2, 0) is 0 Å². The largest absolute Gasteiger partial charge is 0.545 e. The van der Waals surface area contributed by atoms with Crippen molar-refractivity contribution in [2.45, 2.75) is 0 Å².